The number of hydrogen-bond acceptors (Lipinski definition) is 5. The molecule has 0 amide bonds. The third kappa shape index (κ3) is 3.20. The largest absolute Gasteiger partial charge is 0.350 e. The summed E-state index contributed by atoms with van der Waals surface area (Å²) in [5.74, 6) is 2.41. The zero-order valence-electron chi connectivity index (χ0n) is 16.0. The lowest BCUT2D eigenvalue weighted by Gasteiger charge is -2.15. The van der Waals surface area contributed by atoms with Gasteiger partial charge in [-0.15, -0.1) is 0 Å². The SMILES string of the molecule is Cc1cnc(-c2ccc3c(c2)C=CCC3)n1-c1ccnc(N[C@H]2CCNC2)n1. The number of benzene rings is 1. The predicted octanol–water partition coefficient (Wildman–Crippen LogP) is 3.37. The number of aryl methyl sites for hydroxylation is 2. The Bertz CT molecular complexity index is 1030. The number of nitrogens with zero attached hydrogens (tertiary/aromatic N) is 4. The van der Waals surface area contributed by atoms with Gasteiger partial charge in [-0.2, -0.15) is 4.98 Å². The number of anilines is 1. The van der Waals surface area contributed by atoms with Gasteiger partial charge in [0, 0.05) is 36.2 Å². The van der Waals surface area contributed by atoms with Crippen LogP contribution in [0.2, 0.25) is 0 Å². The maximum absolute atomic E-state index is 4.77. The minimum Gasteiger partial charge on any atom is -0.350 e. The van der Waals surface area contributed by atoms with Gasteiger partial charge in [0.2, 0.25) is 5.95 Å². The standard InChI is InChI=1S/C22H24N6/c1-15-13-25-21(18-7-6-16-4-2-3-5-17(16)12-18)28(15)20-9-11-24-22(27-20)26-19-8-10-23-14-19/h3,5-7,9,11-13,19,23H,2,4,8,10,14H2,1H3,(H,24,26,27)/t19-/m0/s1. The average molecular weight is 372 g/mol. The van der Waals surface area contributed by atoms with Crippen molar-refractivity contribution in [3.8, 4) is 17.2 Å². The summed E-state index contributed by atoms with van der Waals surface area (Å²) >= 11 is 0. The molecule has 1 fully saturated rings. The Kier molecular flexibility index (Phi) is 4.41. The second kappa shape index (κ2) is 7.20. The van der Waals surface area contributed by atoms with Gasteiger partial charge < -0.3 is 10.6 Å². The van der Waals surface area contributed by atoms with E-state index in [-0.39, 0.29) is 0 Å². The molecule has 5 rings (SSSR count). The van der Waals surface area contributed by atoms with Crippen molar-refractivity contribution in [1.29, 1.82) is 0 Å². The van der Waals surface area contributed by atoms with Gasteiger partial charge >= 0.3 is 0 Å². The molecule has 6 nitrogen and oxygen atoms in total. The summed E-state index contributed by atoms with van der Waals surface area (Å²) in [5, 5.41) is 6.80. The summed E-state index contributed by atoms with van der Waals surface area (Å²) in [6, 6.07) is 8.94. The van der Waals surface area contributed by atoms with Crippen molar-refractivity contribution >= 4 is 12.0 Å². The van der Waals surface area contributed by atoms with Crippen molar-refractivity contribution in [2.45, 2.75) is 32.2 Å². The molecule has 2 aliphatic rings. The fraction of sp³-hybridized carbons (Fsp3) is 0.318. The number of hydrogen-bond donors (Lipinski definition) is 2. The molecule has 1 aromatic carbocycles. The van der Waals surface area contributed by atoms with E-state index in [1.54, 1.807) is 0 Å². The number of fused-ring (bicyclic) bond motifs is 1. The van der Waals surface area contributed by atoms with Gasteiger partial charge in [-0.3, -0.25) is 4.57 Å². The summed E-state index contributed by atoms with van der Waals surface area (Å²) < 4.78 is 2.11. The Morgan fingerprint density at radius 3 is 3.07 bits per heavy atom. The first-order valence-corrected chi connectivity index (χ1v) is 9.93. The van der Waals surface area contributed by atoms with Gasteiger partial charge in [0.05, 0.1) is 0 Å². The summed E-state index contributed by atoms with van der Waals surface area (Å²) in [5.41, 5.74) is 4.84. The van der Waals surface area contributed by atoms with Gasteiger partial charge in [-0.1, -0.05) is 24.3 Å². The summed E-state index contributed by atoms with van der Waals surface area (Å²) in [4.78, 5) is 13.9. The van der Waals surface area contributed by atoms with Crippen molar-refractivity contribution < 1.29 is 0 Å². The fourth-order valence-corrected chi connectivity index (χ4v) is 4.00. The average Bonchev–Trinajstić information content (AvgIpc) is 3.37. The quantitative estimate of drug-likeness (QED) is 0.735. The Hall–Kier alpha value is -2.99. The number of allylic oxidation sites excluding steroid dienone is 1. The van der Waals surface area contributed by atoms with E-state index >= 15 is 0 Å². The minimum atomic E-state index is 0.381. The van der Waals surface area contributed by atoms with Crippen LogP contribution in [0.15, 0.2) is 42.7 Å². The second-order valence-electron chi connectivity index (χ2n) is 7.49. The molecule has 2 N–H and O–H groups in total. The Balaban J connectivity index is 1.52. The van der Waals surface area contributed by atoms with Crippen LogP contribution in [0.4, 0.5) is 5.95 Å². The molecule has 3 heterocycles. The smallest absolute Gasteiger partial charge is 0.224 e. The van der Waals surface area contributed by atoms with Gasteiger partial charge in [0.15, 0.2) is 0 Å². The zero-order chi connectivity index (χ0) is 18.9. The Morgan fingerprint density at radius 2 is 2.18 bits per heavy atom. The van der Waals surface area contributed by atoms with Crippen LogP contribution in [-0.2, 0) is 6.42 Å². The van der Waals surface area contributed by atoms with E-state index in [1.807, 2.05) is 18.5 Å². The van der Waals surface area contributed by atoms with Crippen molar-refractivity contribution in [2.24, 2.45) is 0 Å². The number of nitrogens with one attached hydrogen (secondary N) is 2. The molecule has 3 aromatic rings. The fourth-order valence-electron chi connectivity index (χ4n) is 4.00. The number of aromatic nitrogens is 4. The molecule has 1 aliphatic carbocycles. The lowest BCUT2D eigenvalue weighted by Crippen LogP contribution is -2.23. The summed E-state index contributed by atoms with van der Waals surface area (Å²) in [7, 11) is 0. The van der Waals surface area contributed by atoms with Crippen molar-refractivity contribution in [1.82, 2.24) is 24.8 Å². The van der Waals surface area contributed by atoms with Crippen LogP contribution in [0.3, 0.4) is 0 Å². The van der Waals surface area contributed by atoms with E-state index < -0.39 is 0 Å². The molecule has 0 spiro atoms. The first-order valence-electron chi connectivity index (χ1n) is 9.93. The molecule has 0 unspecified atom stereocenters. The molecule has 0 saturated carbocycles. The highest BCUT2D eigenvalue weighted by Crippen LogP contribution is 2.28. The molecule has 1 atom stereocenters. The highest BCUT2D eigenvalue weighted by atomic mass is 15.2. The number of rotatable bonds is 4. The molecule has 0 radical (unpaired) electrons. The molecule has 2 aromatic heterocycles. The van der Waals surface area contributed by atoms with E-state index in [9.17, 15) is 0 Å². The maximum atomic E-state index is 4.77. The molecule has 0 bridgehead atoms. The molecule has 1 aliphatic heterocycles. The van der Waals surface area contributed by atoms with E-state index in [2.05, 4.69) is 57.5 Å². The third-order valence-corrected chi connectivity index (χ3v) is 5.48. The van der Waals surface area contributed by atoms with Crippen LogP contribution in [0.25, 0.3) is 23.3 Å². The monoisotopic (exact) mass is 372 g/mol. The summed E-state index contributed by atoms with van der Waals surface area (Å²) in [6.07, 6.45) is 11.5. The molecular weight excluding hydrogens is 348 g/mol. The highest BCUT2D eigenvalue weighted by Gasteiger charge is 2.17. The predicted molar refractivity (Wildman–Crippen MR) is 112 cm³/mol. The molecule has 6 heteroatoms. The van der Waals surface area contributed by atoms with Crippen LogP contribution < -0.4 is 10.6 Å². The van der Waals surface area contributed by atoms with Gasteiger partial charge in [-0.25, -0.2) is 9.97 Å². The van der Waals surface area contributed by atoms with Crippen LogP contribution in [0, 0.1) is 6.92 Å². The van der Waals surface area contributed by atoms with Crippen molar-refractivity contribution in [2.75, 3.05) is 18.4 Å². The van der Waals surface area contributed by atoms with E-state index in [4.69, 9.17) is 9.97 Å². The lowest BCUT2D eigenvalue weighted by molar-refractivity contribution is 0.778. The van der Waals surface area contributed by atoms with E-state index in [0.29, 0.717) is 12.0 Å². The molecule has 1 saturated heterocycles. The first kappa shape index (κ1) is 17.1. The van der Waals surface area contributed by atoms with E-state index in [0.717, 1.165) is 55.3 Å². The van der Waals surface area contributed by atoms with Crippen LogP contribution in [0.1, 0.15) is 29.7 Å². The maximum Gasteiger partial charge on any atom is 0.224 e. The summed E-state index contributed by atoms with van der Waals surface area (Å²) in [6.45, 7) is 4.05. The first-order chi connectivity index (χ1) is 13.8. The van der Waals surface area contributed by atoms with Crippen molar-refractivity contribution in [3.05, 3.63) is 59.6 Å². The van der Waals surface area contributed by atoms with Gasteiger partial charge in [0.25, 0.3) is 0 Å². The van der Waals surface area contributed by atoms with Crippen molar-refractivity contribution in [3.63, 3.8) is 0 Å². The van der Waals surface area contributed by atoms with Crippen LogP contribution >= 0.6 is 0 Å². The molecule has 28 heavy (non-hydrogen) atoms. The van der Waals surface area contributed by atoms with E-state index in [1.165, 1.54) is 11.1 Å². The van der Waals surface area contributed by atoms with Gasteiger partial charge in [-0.05, 0) is 56.0 Å². The topological polar surface area (TPSA) is 67.7 Å². The third-order valence-electron chi connectivity index (χ3n) is 5.48. The Morgan fingerprint density at radius 1 is 1.21 bits per heavy atom. The zero-order valence-corrected chi connectivity index (χ0v) is 16.0. The van der Waals surface area contributed by atoms with Crippen LogP contribution in [-0.4, -0.2) is 38.7 Å². The Labute approximate surface area is 164 Å². The highest BCUT2D eigenvalue weighted by molar-refractivity contribution is 5.67. The molecule has 142 valence electrons. The lowest BCUT2D eigenvalue weighted by atomic mass is 9.95. The number of imidazole rings is 1. The molecular formula is C22H24N6. The van der Waals surface area contributed by atoms with Crippen LogP contribution in [0.5, 0.6) is 0 Å². The second-order valence-corrected chi connectivity index (χ2v) is 7.49. The normalized spacial score (nSPS) is 18.2. The minimum absolute atomic E-state index is 0.381. The van der Waals surface area contributed by atoms with Gasteiger partial charge in [0.1, 0.15) is 11.6 Å².